The Bertz CT molecular complexity index is 974. The van der Waals surface area contributed by atoms with Crippen LogP contribution in [0.15, 0.2) is 54.6 Å². The van der Waals surface area contributed by atoms with Gasteiger partial charge in [0.2, 0.25) is 5.91 Å². The summed E-state index contributed by atoms with van der Waals surface area (Å²) in [6.45, 7) is 2.69. The van der Waals surface area contributed by atoms with E-state index in [9.17, 15) is 14.9 Å². The van der Waals surface area contributed by atoms with E-state index in [1.807, 2.05) is 36.4 Å². The zero-order valence-electron chi connectivity index (χ0n) is 14.9. The van der Waals surface area contributed by atoms with Crippen LogP contribution < -0.4 is 10.6 Å². The number of para-hydroxylation sites is 1. The summed E-state index contributed by atoms with van der Waals surface area (Å²) in [5, 5.41) is 18.0. The van der Waals surface area contributed by atoms with Crippen LogP contribution in [0.25, 0.3) is 10.9 Å². The molecule has 27 heavy (non-hydrogen) atoms. The van der Waals surface area contributed by atoms with Crippen LogP contribution in [0.1, 0.15) is 17.7 Å². The molecule has 0 unspecified atom stereocenters. The quantitative estimate of drug-likeness (QED) is 0.493. The number of rotatable bonds is 7. The van der Waals surface area contributed by atoms with Crippen LogP contribution in [0, 0.1) is 17.0 Å². The first-order valence-corrected chi connectivity index (χ1v) is 8.64. The van der Waals surface area contributed by atoms with E-state index in [0.29, 0.717) is 36.1 Å². The van der Waals surface area contributed by atoms with Gasteiger partial charge in [0, 0.05) is 42.3 Å². The number of anilines is 1. The summed E-state index contributed by atoms with van der Waals surface area (Å²) >= 11 is 0. The Morgan fingerprint density at radius 2 is 1.93 bits per heavy atom. The molecule has 2 aromatic carbocycles. The molecule has 3 aromatic rings. The predicted octanol–water partition coefficient (Wildman–Crippen LogP) is 3.57. The average molecular weight is 364 g/mol. The van der Waals surface area contributed by atoms with E-state index in [-0.39, 0.29) is 11.6 Å². The topological polar surface area (TPSA) is 97.2 Å². The smallest absolute Gasteiger partial charge is 0.295 e. The number of aryl methyl sites for hydroxylation is 1. The summed E-state index contributed by atoms with van der Waals surface area (Å²) < 4.78 is 0. The van der Waals surface area contributed by atoms with Gasteiger partial charge in [-0.15, -0.1) is 0 Å². The van der Waals surface area contributed by atoms with E-state index in [2.05, 4.69) is 15.6 Å². The highest BCUT2D eigenvalue weighted by atomic mass is 16.6. The van der Waals surface area contributed by atoms with Crippen LogP contribution in [0.5, 0.6) is 0 Å². The Morgan fingerprint density at radius 1 is 1.15 bits per heavy atom. The van der Waals surface area contributed by atoms with Crippen LogP contribution >= 0.6 is 0 Å². The minimum Gasteiger partial charge on any atom is -0.384 e. The number of carbonyl (C=O) groups is 1. The van der Waals surface area contributed by atoms with E-state index >= 15 is 0 Å². The number of non-ortho nitro benzene ring substituents is 1. The number of nitro benzene ring substituents is 1. The number of hydrogen-bond donors (Lipinski definition) is 2. The van der Waals surface area contributed by atoms with E-state index in [0.717, 1.165) is 11.3 Å². The minimum absolute atomic E-state index is 0.0279. The molecule has 0 fully saturated rings. The van der Waals surface area contributed by atoms with Gasteiger partial charge >= 0.3 is 0 Å². The number of hydrogen-bond acceptors (Lipinski definition) is 5. The molecule has 0 aliphatic heterocycles. The maximum atomic E-state index is 12.0. The predicted molar refractivity (Wildman–Crippen MR) is 105 cm³/mol. The molecule has 7 nitrogen and oxygen atoms in total. The second kappa shape index (κ2) is 8.27. The zero-order chi connectivity index (χ0) is 19.2. The summed E-state index contributed by atoms with van der Waals surface area (Å²) in [7, 11) is 0. The SMILES string of the molecule is Cc1cc(NCCC(=O)NCc2ccccc2)c2cccc([N+](=O)[O-])c2n1. The molecule has 0 aliphatic carbocycles. The number of nitrogens with one attached hydrogen (secondary N) is 2. The lowest BCUT2D eigenvalue weighted by Crippen LogP contribution is -2.24. The summed E-state index contributed by atoms with van der Waals surface area (Å²) in [5.41, 5.74) is 2.77. The molecule has 7 heteroatoms. The largest absolute Gasteiger partial charge is 0.384 e. The number of aromatic nitrogens is 1. The van der Waals surface area contributed by atoms with Crippen molar-refractivity contribution < 1.29 is 9.72 Å². The van der Waals surface area contributed by atoms with Gasteiger partial charge in [0.25, 0.3) is 5.69 Å². The molecule has 2 N–H and O–H groups in total. The van der Waals surface area contributed by atoms with Crippen molar-refractivity contribution in [1.82, 2.24) is 10.3 Å². The molecule has 1 aromatic heterocycles. The molecule has 0 saturated carbocycles. The lowest BCUT2D eigenvalue weighted by atomic mass is 10.1. The third-order valence-corrected chi connectivity index (χ3v) is 4.14. The maximum Gasteiger partial charge on any atom is 0.295 e. The Morgan fingerprint density at radius 3 is 2.67 bits per heavy atom. The van der Waals surface area contributed by atoms with Crippen LogP contribution in [0.4, 0.5) is 11.4 Å². The van der Waals surface area contributed by atoms with Crippen LogP contribution in [0.3, 0.4) is 0 Å². The average Bonchev–Trinajstić information content (AvgIpc) is 2.66. The van der Waals surface area contributed by atoms with Crippen molar-refractivity contribution in [1.29, 1.82) is 0 Å². The first-order chi connectivity index (χ1) is 13.0. The van der Waals surface area contributed by atoms with Gasteiger partial charge in [-0.05, 0) is 18.6 Å². The first kappa shape index (κ1) is 18.3. The van der Waals surface area contributed by atoms with E-state index in [4.69, 9.17) is 0 Å². The van der Waals surface area contributed by atoms with Crippen molar-refractivity contribution >= 4 is 28.2 Å². The zero-order valence-corrected chi connectivity index (χ0v) is 14.9. The van der Waals surface area contributed by atoms with Crippen LogP contribution in [-0.2, 0) is 11.3 Å². The Balaban J connectivity index is 1.64. The van der Waals surface area contributed by atoms with Crippen molar-refractivity contribution in [2.45, 2.75) is 19.9 Å². The monoisotopic (exact) mass is 364 g/mol. The lowest BCUT2D eigenvalue weighted by molar-refractivity contribution is -0.383. The highest BCUT2D eigenvalue weighted by Crippen LogP contribution is 2.29. The Hall–Kier alpha value is -3.48. The normalized spacial score (nSPS) is 10.6. The number of nitrogens with zero attached hydrogens (tertiary/aromatic N) is 2. The van der Waals surface area contributed by atoms with Gasteiger partial charge in [0.05, 0.1) is 4.92 Å². The standard InChI is InChI=1S/C20H20N4O3/c1-14-12-17(16-8-5-9-18(24(26)27)20(16)23-14)21-11-10-19(25)22-13-15-6-3-2-4-7-15/h2-9,12H,10-11,13H2,1H3,(H,21,23)(H,22,25). The summed E-state index contributed by atoms with van der Waals surface area (Å²) in [6, 6.07) is 16.4. The third kappa shape index (κ3) is 4.58. The van der Waals surface area contributed by atoms with Gasteiger partial charge in [-0.3, -0.25) is 14.9 Å². The molecule has 1 amide bonds. The molecule has 0 radical (unpaired) electrons. The van der Waals surface area contributed by atoms with Crippen molar-refractivity contribution in [2.75, 3.05) is 11.9 Å². The molecular weight excluding hydrogens is 344 g/mol. The second-order valence-corrected chi connectivity index (χ2v) is 6.18. The molecule has 0 aliphatic rings. The third-order valence-electron chi connectivity index (χ3n) is 4.14. The number of carbonyl (C=O) groups excluding carboxylic acids is 1. The number of amides is 1. The van der Waals surface area contributed by atoms with Gasteiger partial charge in [0.15, 0.2) is 5.52 Å². The Labute approximate surface area is 156 Å². The summed E-state index contributed by atoms with van der Waals surface area (Å²) in [4.78, 5) is 27.1. The van der Waals surface area contributed by atoms with Gasteiger partial charge in [-0.1, -0.05) is 42.5 Å². The summed E-state index contributed by atoms with van der Waals surface area (Å²) in [6.07, 6.45) is 0.296. The second-order valence-electron chi connectivity index (χ2n) is 6.18. The highest BCUT2D eigenvalue weighted by molar-refractivity contribution is 5.96. The molecule has 138 valence electrons. The molecule has 0 spiro atoms. The fraction of sp³-hybridized carbons (Fsp3) is 0.200. The first-order valence-electron chi connectivity index (χ1n) is 8.64. The Kier molecular flexibility index (Phi) is 5.61. The molecule has 1 heterocycles. The van der Waals surface area contributed by atoms with Crippen molar-refractivity contribution in [3.8, 4) is 0 Å². The number of nitro groups is 1. The fourth-order valence-electron chi connectivity index (χ4n) is 2.85. The van der Waals surface area contributed by atoms with E-state index < -0.39 is 4.92 Å². The van der Waals surface area contributed by atoms with Gasteiger partial charge in [0.1, 0.15) is 0 Å². The van der Waals surface area contributed by atoms with E-state index in [1.54, 1.807) is 19.1 Å². The summed E-state index contributed by atoms with van der Waals surface area (Å²) in [5.74, 6) is -0.0626. The van der Waals surface area contributed by atoms with Crippen molar-refractivity contribution in [2.24, 2.45) is 0 Å². The van der Waals surface area contributed by atoms with Crippen LogP contribution in [0.2, 0.25) is 0 Å². The van der Waals surface area contributed by atoms with Crippen molar-refractivity contribution in [3.05, 3.63) is 76.0 Å². The van der Waals surface area contributed by atoms with E-state index in [1.165, 1.54) is 6.07 Å². The van der Waals surface area contributed by atoms with Gasteiger partial charge < -0.3 is 10.6 Å². The molecule has 0 bridgehead atoms. The van der Waals surface area contributed by atoms with Gasteiger partial charge in [-0.2, -0.15) is 0 Å². The maximum absolute atomic E-state index is 12.0. The van der Waals surface area contributed by atoms with Gasteiger partial charge in [-0.25, -0.2) is 4.98 Å². The molecule has 3 rings (SSSR count). The molecular formula is C20H20N4O3. The molecule has 0 atom stereocenters. The van der Waals surface area contributed by atoms with Crippen molar-refractivity contribution in [3.63, 3.8) is 0 Å². The number of benzene rings is 2. The van der Waals surface area contributed by atoms with Crippen LogP contribution in [-0.4, -0.2) is 22.4 Å². The fourth-order valence-corrected chi connectivity index (χ4v) is 2.85. The minimum atomic E-state index is -0.435. The molecule has 0 saturated heterocycles. The number of fused-ring (bicyclic) bond motifs is 1. The number of pyridine rings is 1. The highest BCUT2D eigenvalue weighted by Gasteiger charge is 2.15. The lowest BCUT2D eigenvalue weighted by Gasteiger charge is -2.11.